The number of hydrogen-bond acceptors (Lipinski definition) is 5. The van der Waals surface area contributed by atoms with Crippen molar-refractivity contribution in [3.63, 3.8) is 0 Å². The second kappa shape index (κ2) is 9.59. The van der Waals surface area contributed by atoms with E-state index < -0.39 is 0 Å². The Labute approximate surface area is 176 Å². The van der Waals surface area contributed by atoms with Crippen molar-refractivity contribution in [1.82, 2.24) is 24.6 Å². The third kappa shape index (κ3) is 5.28. The second-order valence-electron chi connectivity index (χ2n) is 7.70. The first-order valence-electron chi connectivity index (χ1n) is 10.5. The van der Waals surface area contributed by atoms with E-state index in [2.05, 4.69) is 19.7 Å². The Bertz CT molecular complexity index is 815. The van der Waals surface area contributed by atoms with Crippen molar-refractivity contribution in [3.8, 4) is 5.75 Å². The summed E-state index contributed by atoms with van der Waals surface area (Å²) in [7, 11) is 0. The third-order valence-electron chi connectivity index (χ3n) is 5.67. The maximum Gasteiger partial charge on any atom is 0.226 e. The molecule has 0 N–H and O–H groups in total. The van der Waals surface area contributed by atoms with Gasteiger partial charge in [0.1, 0.15) is 17.4 Å². The largest absolute Gasteiger partial charge is 0.493 e. The highest BCUT2D eigenvalue weighted by Crippen LogP contribution is 2.17. The van der Waals surface area contributed by atoms with Gasteiger partial charge in [-0.15, -0.1) is 10.2 Å². The number of amides is 1. The lowest BCUT2D eigenvalue weighted by atomic mass is 10.2. The lowest BCUT2D eigenvalue weighted by molar-refractivity contribution is -0.133. The molecule has 2 aliphatic heterocycles. The number of carbonyl (C=O) groups excluding carboxylic acids is 1. The van der Waals surface area contributed by atoms with Gasteiger partial charge in [0, 0.05) is 44.2 Å². The topological polar surface area (TPSA) is 63.5 Å². The summed E-state index contributed by atoms with van der Waals surface area (Å²) in [5, 5.41) is 9.49. The Hall–Kier alpha value is -2.12. The molecule has 0 aliphatic carbocycles. The average molecular weight is 418 g/mol. The zero-order valence-corrected chi connectivity index (χ0v) is 17.5. The highest BCUT2D eigenvalue weighted by molar-refractivity contribution is 6.30. The quantitative estimate of drug-likeness (QED) is 0.723. The van der Waals surface area contributed by atoms with E-state index in [1.807, 2.05) is 17.0 Å². The predicted molar refractivity (Wildman–Crippen MR) is 111 cm³/mol. The molecule has 1 aromatic heterocycles. The van der Waals surface area contributed by atoms with E-state index in [4.69, 9.17) is 16.3 Å². The highest BCUT2D eigenvalue weighted by Gasteiger charge is 2.23. The van der Waals surface area contributed by atoms with Crippen LogP contribution in [0.25, 0.3) is 0 Å². The summed E-state index contributed by atoms with van der Waals surface area (Å²) in [6.45, 7) is 5.46. The van der Waals surface area contributed by atoms with Crippen molar-refractivity contribution < 1.29 is 9.53 Å². The normalized spacial score (nSPS) is 17.6. The molecule has 1 amide bonds. The summed E-state index contributed by atoms with van der Waals surface area (Å²) in [4.78, 5) is 16.8. The first kappa shape index (κ1) is 20.2. The van der Waals surface area contributed by atoms with E-state index in [1.54, 1.807) is 12.1 Å². The minimum Gasteiger partial charge on any atom is -0.493 e. The fourth-order valence-electron chi connectivity index (χ4n) is 3.96. The van der Waals surface area contributed by atoms with E-state index in [1.165, 1.54) is 19.3 Å². The number of nitrogens with zero attached hydrogens (tertiary/aromatic N) is 5. The van der Waals surface area contributed by atoms with Gasteiger partial charge >= 0.3 is 0 Å². The van der Waals surface area contributed by atoms with Crippen molar-refractivity contribution in [1.29, 1.82) is 0 Å². The molecule has 8 heteroatoms. The third-order valence-corrected chi connectivity index (χ3v) is 5.93. The van der Waals surface area contributed by atoms with E-state index >= 15 is 0 Å². The Balaban J connectivity index is 1.20. The number of benzene rings is 1. The Morgan fingerprint density at radius 3 is 2.59 bits per heavy atom. The van der Waals surface area contributed by atoms with Crippen molar-refractivity contribution >= 4 is 17.5 Å². The van der Waals surface area contributed by atoms with Crippen molar-refractivity contribution in [2.24, 2.45) is 0 Å². The zero-order chi connectivity index (χ0) is 20.1. The molecule has 1 fully saturated rings. The molecule has 0 bridgehead atoms. The summed E-state index contributed by atoms with van der Waals surface area (Å²) in [6, 6.07) is 7.20. The lowest BCUT2D eigenvalue weighted by Gasteiger charge is -2.34. The number of aromatic nitrogens is 3. The van der Waals surface area contributed by atoms with Crippen LogP contribution in [-0.2, 0) is 24.3 Å². The van der Waals surface area contributed by atoms with Gasteiger partial charge in [0.15, 0.2) is 0 Å². The fourth-order valence-corrected chi connectivity index (χ4v) is 4.09. The van der Waals surface area contributed by atoms with Crippen LogP contribution in [-0.4, -0.2) is 63.3 Å². The van der Waals surface area contributed by atoms with Gasteiger partial charge in [-0.2, -0.15) is 0 Å². The van der Waals surface area contributed by atoms with Crippen LogP contribution in [0.3, 0.4) is 0 Å². The molecule has 29 heavy (non-hydrogen) atoms. The predicted octanol–water partition coefficient (Wildman–Crippen LogP) is 2.77. The van der Waals surface area contributed by atoms with Crippen LogP contribution in [0, 0.1) is 0 Å². The van der Waals surface area contributed by atoms with Crippen LogP contribution in [0.5, 0.6) is 5.75 Å². The summed E-state index contributed by atoms with van der Waals surface area (Å²) >= 11 is 5.87. The number of aryl methyl sites for hydroxylation is 1. The molecule has 1 saturated heterocycles. The monoisotopic (exact) mass is 417 g/mol. The molecule has 4 rings (SSSR count). The summed E-state index contributed by atoms with van der Waals surface area (Å²) in [6.07, 6.45) is 5.11. The maximum atomic E-state index is 12.5. The molecule has 7 nitrogen and oxygen atoms in total. The maximum absolute atomic E-state index is 12.5. The molecule has 0 unspecified atom stereocenters. The molecule has 0 saturated carbocycles. The number of ether oxygens (including phenoxy) is 1. The molecule has 156 valence electrons. The molecule has 3 heterocycles. The van der Waals surface area contributed by atoms with E-state index in [0.29, 0.717) is 18.1 Å². The average Bonchev–Trinajstić information content (AvgIpc) is 2.96. The first-order valence-corrected chi connectivity index (χ1v) is 10.9. The second-order valence-corrected chi connectivity index (χ2v) is 8.14. The van der Waals surface area contributed by atoms with Gasteiger partial charge in [0.25, 0.3) is 0 Å². The van der Waals surface area contributed by atoms with Crippen molar-refractivity contribution in [2.45, 2.75) is 45.2 Å². The van der Waals surface area contributed by atoms with Crippen LogP contribution >= 0.6 is 11.6 Å². The van der Waals surface area contributed by atoms with Crippen LogP contribution in [0.15, 0.2) is 24.3 Å². The molecular weight excluding hydrogens is 390 g/mol. The Morgan fingerprint density at radius 2 is 1.79 bits per heavy atom. The minimum atomic E-state index is 0.148. The van der Waals surface area contributed by atoms with E-state index in [9.17, 15) is 4.79 Å². The van der Waals surface area contributed by atoms with E-state index in [-0.39, 0.29) is 5.91 Å². The zero-order valence-electron chi connectivity index (χ0n) is 16.7. The van der Waals surface area contributed by atoms with Gasteiger partial charge in [-0.3, -0.25) is 9.69 Å². The fraction of sp³-hybridized carbons (Fsp3) is 0.571. The van der Waals surface area contributed by atoms with Gasteiger partial charge in [-0.25, -0.2) is 0 Å². The number of rotatable bonds is 6. The number of fused-ring (bicyclic) bond motifs is 1. The number of hydrogen-bond donors (Lipinski definition) is 0. The summed E-state index contributed by atoms with van der Waals surface area (Å²) in [5.74, 6) is 3.08. The van der Waals surface area contributed by atoms with Crippen LogP contribution in [0.1, 0.15) is 37.3 Å². The van der Waals surface area contributed by atoms with Gasteiger partial charge < -0.3 is 14.2 Å². The first-order chi connectivity index (χ1) is 14.2. The van der Waals surface area contributed by atoms with Gasteiger partial charge in [-0.05, 0) is 37.1 Å². The number of carbonyl (C=O) groups is 1. The highest BCUT2D eigenvalue weighted by atomic mass is 35.5. The SMILES string of the molecule is O=C(CCOc1ccc(Cl)cc1)N1CCN(Cc2nnc3n2CCCCC3)CC1. The standard InChI is InChI=1S/C21H28ClN5O2/c22-17-5-7-18(8-6-17)29-15-9-21(28)26-13-11-25(12-14-26)16-20-24-23-19-4-2-1-3-10-27(19)20/h5-8H,1-4,9-16H2. The van der Waals surface area contributed by atoms with Crippen molar-refractivity contribution in [3.05, 3.63) is 40.9 Å². The van der Waals surface area contributed by atoms with E-state index in [0.717, 1.165) is 63.1 Å². The smallest absolute Gasteiger partial charge is 0.226 e. The minimum absolute atomic E-state index is 0.148. The molecular formula is C21H28ClN5O2. The van der Waals surface area contributed by atoms with Gasteiger partial charge in [0.05, 0.1) is 19.6 Å². The molecule has 2 aliphatic rings. The number of piperazine rings is 1. The lowest BCUT2D eigenvalue weighted by Crippen LogP contribution is -2.48. The molecule has 0 atom stereocenters. The van der Waals surface area contributed by atoms with Gasteiger partial charge in [0.2, 0.25) is 5.91 Å². The molecule has 2 aromatic rings. The van der Waals surface area contributed by atoms with Crippen LogP contribution in [0.4, 0.5) is 0 Å². The number of halogens is 1. The molecule has 0 radical (unpaired) electrons. The summed E-state index contributed by atoms with van der Waals surface area (Å²) < 4.78 is 7.95. The van der Waals surface area contributed by atoms with Crippen LogP contribution in [0.2, 0.25) is 5.02 Å². The van der Waals surface area contributed by atoms with Crippen molar-refractivity contribution in [2.75, 3.05) is 32.8 Å². The van der Waals surface area contributed by atoms with Gasteiger partial charge in [-0.1, -0.05) is 18.0 Å². The molecule has 1 aromatic carbocycles. The summed E-state index contributed by atoms with van der Waals surface area (Å²) in [5.41, 5.74) is 0. The molecule has 0 spiro atoms. The Kier molecular flexibility index (Phi) is 6.67. The van der Waals surface area contributed by atoms with Crippen LogP contribution < -0.4 is 4.74 Å². The Morgan fingerprint density at radius 1 is 1.00 bits per heavy atom.